The number of nitrogens with two attached hydrogens (primary N) is 2. The summed E-state index contributed by atoms with van der Waals surface area (Å²) >= 11 is 0. The molecule has 0 aliphatic heterocycles. The van der Waals surface area contributed by atoms with Crippen LogP contribution in [0, 0.1) is 5.92 Å². The zero-order chi connectivity index (χ0) is 10.1. The molecule has 0 amide bonds. The van der Waals surface area contributed by atoms with Crippen molar-refractivity contribution in [1.29, 1.82) is 0 Å². The summed E-state index contributed by atoms with van der Waals surface area (Å²) in [7, 11) is 0. The second-order valence-electron chi connectivity index (χ2n) is 3.04. The van der Waals surface area contributed by atoms with Crippen LogP contribution in [0.1, 0.15) is 26.2 Å². The first kappa shape index (κ1) is 12.2. The number of nitrogens with zero attached hydrogens (tertiary/aromatic N) is 1. The SMILES string of the molecule is CCCC(CCO)CN=C(N)NN. The average Bonchev–Trinajstić information content (AvgIpc) is 2.14. The van der Waals surface area contributed by atoms with Gasteiger partial charge in [0.25, 0.3) is 0 Å². The summed E-state index contributed by atoms with van der Waals surface area (Å²) in [6.45, 7) is 2.94. The van der Waals surface area contributed by atoms with E-state index in [2.05, 4.69) is 17.3 Å². The van der Waals surface area contributed by atoms with Crippen molar-refractivity contribution in [2.24, 2.45) is 22.5 Å². The number of guanidine groups is 1. The molecular formula is C8H20N4O. The summed E-state index contributed by atoms with van der Waals surface area (Å²) < 4.78 is 0. The van der Waals surface area contributed by atoms with Gasteiger partial charge in [0.2, 0.25) is 5.96 Å². The molecule has 0 heterocycles. The van der Waals surface area contributed by atoms with Crippen molar-refractivity contribution in [2.45, 2.75) is 26.2 Å². The number of aliphatic hydroxyl groups is 1. The fourth-order valence-electron chi connectivity index (χ4n) is 1.19. The van der Waals surface area contributed by atoms with Crippen LogP contribution in [0.15, 0.2) is 4.99 Å². The predicted octanol–water partition coefficient (Wildman–Crippen LogP) is -0.437. The van der Waals surface area contributed by atoms with Gasteiger partial charge in [-0.15, -0.1) is 0 Å². The zero-order valence-corrected chi connectivity index (χ0v) is 8.16. The topological polar surface area (TPSA) is 96.7 Å². The van der Waals surface area contributed by atoms with E-state index in [1.165, 1.54) is 0 Å². The highest BCUT2D eigenvalue weighted by Crippen LogP contribution is 2.10. The molecule has 6 N–H and O–H groups in total. The van der Waals surface area contributed by atoms with Gasteiger partial charge >= 0.3 is 0 Å². The lowest BCUT2D eigenvalue weighted by Gasteiger charge is -2.11. The molecule has 0 radical (unpaired) electrons. The lowest BCUT2D eigenvalue weighted by atomic mass is 10.0. The molecular weight excluding hydrogens is 168 g/mol. The van der Waals surface area contributed by atoms with E-state index in [4.69, 9.17) is 16.7 Å². The second-order valence-corrected chi connectivity index (χ2v) is 3.04. The van der Waals surface area contributed by atoms with E-state index in [0.717, 1.165) is 19.3 Å². The Balaban J connectivity index is 3.79. The standard InChI is InChI=1S/C8H20N4O/c1-2-3-7(4-5-13)6-11-8(9)12-10/h7,13H,2-6,10H2,1H3,(H3,9,11,12). The van der Waals surface area contributed by atoms with Gasteiger partial charge in [-0.2, -0.15) is 0 Å². The molecule has 0 saturated carbocycles. The average molecular weight is 188 g/mol. The first-order chi connectivity index (χ1) is 6.24. The number of nitrogens with one attached hydrogen (secondary N) is 1. The molecule has 5 heteroatoms. The highest BCUT2D eigenvalue weighted by molar-refractivity contribution is 5.77. The molecule has 0 aromatic rings. The van der Waals surface area contributed by atoms with Crippen molar-refractivity contribution in [3.8, 4) is 0 Å². The largest absolute Gasteiger partial charge is 0.396 e. The summed E-state index contributed by atoms with van der Waals surface area (Å²) in [6.07, 6.45) is 2.92. The smallest absolute Gasteiger partial charge is 0.203 e. The highest BCUT2D eigenvalue weighted by atomic mass is 16.3. The van der Waals surface area contributed by atoms with E-state index in [0.29, 0.717) is 12.5 Å². The Labute approximate surface area is 79.2 Å². The number of aliphatic imine (C=N–C) groups is 1. The van der Waals surface area contributed by atoms with Gasteiger partial charge in [-0.3, -0.25) is 10.4 Å². The minimum Gasteiger partial charge on any atom is -0.396 e. The molecule has 1 atom stereocenters. The van der Waals surface area contributed by atoms with Gasteiger partial charge in [-0.25, -0.2) is 5.84 Å². The summed E-state index contributed by atoms with van der Waals surface area (Å²) in [5, 5.41) is 8.77. The Kier molecular flexibility index (Phi) is 7.33. The van der Waals surface area contributed by atoms with Gasteiger partial charge in [-0.1, -0.05) is 13.3 Å². The maximum absolute atomic E-state index is 8.77. The molecule has 0 aliphatic carbocycles. The molecule has 0 aliphatic rings. The lowest BCUT2D eigenvalue weighted by Crippen LogP contribution is -2.37. The van der Waals surface area contributed by atoms with E-state index in [-0.39, 0.29) is 12.6 Å². The number of rotatable bonds is 6. The Bertz CT molecular complexity index is 143. The first-order valence-electron chi connectivity index (χ1n) is 4.62. The summed E-state index contributed by atoms with van der Waals surface area (Å²) in [5.74, 6) is 5.70. The van der Waals surface area contributed by atoms with E-state index in [1.807, 2.05) is 0 Å². The number of aliphatic hydroxyl groups excluding tert-OH is 1. The molecule has 0 spiro atoms. The van der Waals surface area contributed by atoms with Crippen LogP contribution in [0.5, 0.6) is 0 Å². The maximum atomic E-state index is 8.77. The van der Waals surface area contributed by atoms with E-state index in [9.17, 15) is 0 Å². The van der Waals surface area contributed by atoms with Crippen LogP contribution in [0.3, 0.4) is 0 Å². The molecule has 0 aromatic carbocycles. The Morgan fingerprint density at radius 3 is 2.69 bits per heavy atom. The Morgan fingerprint density at radius 1 is 1.54 bits per heavy atom. The molecule has 0 saturated heterocycles. The lowest BCUT2D eigenvalue weighted by molar-refractivity contribution is 0.253. The highest BCUT2D eigenvalue weighted by Gasteiger charge is 2.05. The third-order valence-corrected chi connectivity index (χ3v) is 1.90. The number of hydrazine groups is 1. The number of hydrogen-bond donors (Lipinski definition) is 4. The Morgan fingerprint density at radius 2 is 2.23 bits per heavy atom. The van der Waals surface area contributed by atoms with Crippen LogP contribution in [0.2, 0.25) is 0 Å². The van der Waals surface area contributed by atoms with Crippen molar-refractivity contribution < 1.29 is 5.11 Å². The van der Waals surface area contributed by atoms with Crippen molar-refractivity contribution in [1.82, 2.24) is 5.43 Å². The van der Waals surface area contributed by atoms with Gasteiger partial charge in [0, 0.05) is 13.2 Å². The van der Waals surface area contributed by atoms with Crippen LogP contribution in [0.25, 0.3) is 0 Å². The van der Waals surface area contributed by atoms with Gasteiger partial charge < -0.3 is 10.8 Å². The molecule has 78 valence electrons. The second kappa shape index (κ2) is 7.82. The quantitative estimate of drug-likeness (QED) is 0.197. The molecule has 0 fully saturated rings. The van der Waals surface area contributed by atoms with E-state index >= 15 is 0 Å². The molecule has 0 rings (SSSR count). The van der Waals surface area contributed by atoms with Gasteiger partial charge in [-0.05, 0) is 18.8 Å². The third-order valence-electron chi connectivity index (χ3n) is 1.90. The third kappa shape index (κ3) is 6.36. The maximum Gasteiger partial charge on any atom is 0.203 e. The molecule has 0 aromatic heterocycles. The van der Waals surface area contributed by atoms with Crippen molar-refractivity contribution in [2.75, 3.05) is 13.2 Å². The van der Waals surface area contributed by atoms with Crippen molar-refractivity contribution in [3.05, 3.63) is 0 Å². The van der Waals surface area contributed by atoms with Crippen LogP contribution in [-0.4, -0.2) is 24.2 Å². The van der Waals surface area contributed by atoms with Gasteiger partial charge in [0.15, 0.2) is 0 Å². The normalized spacial score (nSPS) is 14.2. The van der Waals surface area contributed by atoms with Crippen LogP contribution in [-0.2, 0) is 0 Å². The van der Waals surface area contributed by atoms with Crippen LogP contribution < -0.4 is 17.0 Å². The molecule has 0 bridgehead atoms. The molecule has 13 heavy (non-hydrogen) atoms. The fraction of sp³-hybridized carbons (Fsp3) is 0.875. The van der Waals surface area contributed by atoms with Crippen LogP contribution >= 0.6 is 0 Å². The predicted molar refractivity (Wildman–Crippen MR) is 53.9 cm³/mol. The summed E-state index contributed by atoms with van der Waals surface area (Å²) in [5.41, 5.74) is 7.63. The number of hydrogen-bond acceptors (Lipinski definition) is 3. The van der Waals surface area contributed by atoms with Crippen molar-refractivity contribution >= 4 is 5.96 Å². The minimum absolute atomic E-state index is 0.205. The van der Waals surface area contributed by atoms with Crippen LogP contribution in [0.4, 0.5) is 0 Å². The molecule has 1 unspecified atom stereocenters. The van der Waals surface area contributed by atoms with E-state index < -0.39 is 0 Å². The molecule has 5 nitrogen and oxygen atoms in total. The Hall–Kier alpha value is -0.810. The first-order valence-corrected chi connectivity index (χ1v) is 4.62. The van der Waals surface area contributed by atoms with E-state index in [1.54, 1.807) is 0 Å². The van der Waals surface area contributed by atoms with Gasteiger partial charge in [0.05, 0.1) is 0 Å². The fourth-order valence-corrected chi connectivity index (χ4v) is 1.19. The summed E-state index contributed by atoms with van der Waals surface area (Å²) in [4.78, 5) is 4.03. The zero-order valence-electron chi connectivity index (χ0n) is 8.16. The monoisotopic (exact) mass is 188 g/mol. The van der Waals surface area contributed by atoms with Crippen molar-refractivity contribution in [3.63, 3.8) is 0 Å². The van der Waals surface area contributed by atoms with Gasteiger partial charge in [0.1, 0.15) is 0 Å². The summed E-state index contributed by atoms with van der Waals surface area (Å²) in [6, 6.07) is 0. The minimum atomic E-state index is 0.205.